The van der Waals surface area contributed by atoms with Crippen molar-refractivity contribution in [3.8, 4) is 0 Å². The standard InChI is InChI=1S/C11H20N2O6/c1-3-7(6-19-2)12-11(18)13-8(10(16)17)4-5-9(14)15/h7-8H,3-6H2,1-2H3,(H,14,15)(H,16,17)(H2,12,13,18). The molecule has 0 bridgehead atoms. The van der Waals surface area contributed by atoms with E-state index >= 15 is 0 Å². The number of carbonyl (C=O) groups is 3. The second-order valence-corrected chi connectivity index (χ2v) is 4.00. The van der Waals surface area contributed by atoms with Gasteiger partial charge in [0.15, 0.2) is 0 Å². The zero-order chi connectivity index (χ0) is 14.8. The van der Waals surface area contributed by atoms with E-state index in [1.54, 1.807) is 0 Å². The molecule has 2 atom stereocenters. The fourth-order valence-corrected chi connectivity index (χ4v) is 1.37. The van der Waals surface area contributed by atoms with E-state index in [4.69, 9.17) is 14.9 Å². The fourth-order valence-electron chi connectivity index (χ4n) is 1.37. The van der Waals surface area contributed by atoms with Gasteiger partial charge in [0.1, 0.15) is 6.04 Å². The van der Waals surface area contributed by atoms with Gasteiger partial charge in [0, 0.05) is 13.5 Å². The molecule has 2 amide bonds. The number of rotatable bonds is 9. The number of methoxy groups -OCH3 is 1. The predicted octanol–water partition coefficient (Wildman–Crippen LogP) is 0.0286. The maximum Gasteiger partial charge on any atom is 0.326 e. The van der Waals surface area contributed by atoms with Gasteiger partial charge >= 0.3 is 18.0 Å². The molecule has 0 spiro atoms. The van der Waals surface area contributed by atoms with Crippen molar-refractivity contribution in [2.24, 2.45) is 0 Å². The van der Waals surface area contributed by atoms with Crippen molar-refractivity contribution < 1.29 is 29.3 Å². The molecule has 0 rings (SSSR count). The van der Waals surface area contributed by atoms with Crippen LogP contribution in [-0.4, -0.2) is 54.0 Å². The van der Waals surface area contributed by atoms with Gasteiger partial charge in [-0.25, -0.2) is 9.59 Å². The first kappa shape index (κ1) is 17.2. The number of hydrogen-bond donors (Lipinski definition) is 4. The zero-order valence-corrected chi connectivity index (χ0v) is 11.0. The summed E-state index contributed by atoms with van der Waals surface area (Å²) in [4.78, 5) is 32.8. The molecule has 0 fully saturated rings. The average Bonchev–Trinajstić information content (AvgIpc) is 2.33. The van der Waals surface area contributed by atoms with Crippen molar-refractivity contribution in [2.75, 3.05) is 13.7 Å². The van der Waals surface area contributed by atoms with Crippen LogP contribution in [0.25, 0.3) is 0 Å². The molecule has 110 valence electrons. The van der Waals surface area contributed by atoms with E-state index in [2.05, 4.69) is 10.6 Å². The van der Waals surface area contributed by atoms with Crippen molar-refractivity contribution in [3.05, 3.63) is 0 Å². The maximum absolute atomic E-state index is 11.6. The number of urea groups is 1. The lowest BCUT2D eigenvalue weighted by atomic mass is 10.1. The predicted molar refractivity (Wildman–Crippen MR) is 65.9 cm³/mol. The molecular weight excluding hydrogens is 256 g/mol. The van der Waals surface area contributed by atoms with Gasteiger partial charge in [0.2, 0.25) is 0 Å². The van der Waals surface area contributed by atoms with Crippen LogP contribution in [-0.2, 0) is 14.3 Å². The second kappa shape index (κ2) is 9.15. The molecule has 0 heterocycles. The average molecular weight is 276 g/mol. The lowest BCUT2D eigenvalue weighted by Crippen LogP contribution is -2.50. The minimum absolute atomic E-state index is 0.168. The molecule has 0 aliphatic rings. The van der Waals surface area contributed by atoms with Crippen LogP contribution in [0.4, 0.5) is 4.79 Å². The highest BCUT2D eigenvalue weighted by atomic mass is 16.5. The van der Waals surface area contributed by atoms with Crippen molar-refractivity contribution in [2.45, 2.75) is 38.3 Å². The Morgan fingerprint density at radius 2 is 1.84 bits per heavy atom. The van der Waals surface area contributed by atoms with Gasteiger partial charge in [0.25, 0.3) is 0 Å². The van der Waals surface area contributed by atoms with E-state index in [1.165, 1.54) is 7.11 Å². The van der Waals surface area contributed by atoms with Gasteiger partial charge in [-0.1, -0.05) is 6.92 Å². The Bertz CT molecular complexity index is 320. The van der Waals surface area contributed by atoms with Crippen LogP contribution < -0.4 is 10.6 Å². The lowest BCUT2D eigenvalue weighted by molar-refractivity contribution is -0.140. The highest BCUT2D eigenvalue weighted by Crippen LogP contribution is 1.99. The molecule has 0 saturated heterocycles. The molecule has 19 heavy (non-hydrogen) atoms. The SMILES string of the molecule is CCC(COC)NC(=O)NC(CCC(=O)O)C(=O)O. The minimum Gasteiger partial charge on any atom is -0.481 e. The molecule has 4 N–H and O–H groups in total. The van der Waals surface area contributed by atoms with E-state index in [0.29, 0.717) is 13.0 Å². The fraction of sp³-hybridized carbons (Fsp3) is 0.727. The van der Waals surface area contributed by atoms with Crippen LogP contribution in [0.2, 0.25) is 0 Å². The molecule has 8 nitrogen and oxygen atoms in total. The summed E-state index contributed by atoms with van der Waals surface area (Å²) >= 11 is 0. The Morgan fingerprint density at radius 1 is 1.21 bits per heavy atom. The number of carboxylic acids is 2. The highest BCUT2D eigenvalue weighted by molar-refractivity contribution is 5.83. The number of carbonyl (C=O) groups excluding carboxylic acids is 1. The minimum atomic E-state index is -1.27. The molecule has 0 aliphatic heterocycles. The molecule has 0 aliphatic carbocycles. The first-order valence-electron chi connectivity index (χ1n) is 5.91. The molecule has 0 aromatic rings. The quantitative estimate of drug-likeness (QED) is 0.471. The van der Waals surface area contributed by atoms with Crippen LogP contribution >= 0.6 is 0 Å². The largest absolute Gasteiger partial charge is 0.481 e. The number of amides is 2. The first-order chi connectivity index (χ1) is 8.90. The Labute approximate surface area is 111 Å². The number of hydrogen-bond acceptors (Lipinski definition) is 4. The summed E-state index contributed by atoms with van der Waals surface area (Å²) in [6.07, 6.45) is 0.139. The van der Waals surface area contributed by atoms with E-state index in [1.807, 2.05) is 6.92 Å². The van der Waals surface area contributed by atoms with E-state index < -0.39 is 24.0 Å². The van der Waals surface area contributed by atoms with Crippen molar-refractivity contribution in [1.82, 2.24) is 10.6 Å². The summed E-state index contributed by atoms with van der Waals surface area (Å²) in [7, 11) is 1.50. The molecular formula is C11H20N2O6. The molecule has 8 heteroatoms. The summed E-state index contributed by atoms with van der Waals surface area (Å²) in [5.41, 5.74) is 0. The molecule has 0 aromatic heterocycles. The summed E-state index contributed by atoms with van der Waals surface area (Å²) in [5, 5.41) is 22.1. The van der Waals surface area contributed by atoms with Gasteiger partial charge in [-0.05, 0) is 12.8 Å². The maximum atomic E-state index is 11.6. The first-order valence-corrected chi connectivity index (χ1v) is 5.91. The Morgan fingerprint density at radius 3 is 2.26 bits per heavy atom. The van der Waals surface area contributed by atoms with E-state index in [9.17, 15) is 14.4 Å². The van der Waals surface area contributed by atoms with Gasteiger partial charge in [-0.3, -0.25) is 4.79 Å². The Hall–Kier alpha value is -1.83. The summed E-state index contributed by atoms with van der Waals surface area (Å²) < 4.78 is 4.89. The molecule has 2 unspecified atom stereocenters. The third kappa shape index (κ3) is 7.98. The van der Waals surface area contributed by atoms with Crippen LogP contribution in [0.3, 0.4) is 0 Å². The van der Waals surface area contributed by atoms with Gasteiger partial charge in [-0.2, -0.15) is 0 Å². The number of ether oxygens (including phenoxy) is 1. The van der Waals surface area contributed by atoms with Gasteiger partial charge < -0.3 is 25.6 Å². The third-order valence-corrected chi connectivity index (χ3v) is 2.45. The number of aliphatic carboxylic acids is 2. The van der Waals surface area contributed by atoms with Crippen LogP contribution in [0.15, 0.2) is 0 Å². The molecule has 0 radical (unpaired) electrons. The summed E-state index contributed by atoms with van der Waals surface area (Å²) in [5.74, 6) is -2.38. The third-order valence-electron chi connectivity index (χ3n) is 2.45. The second-order valence-electron chi connectivity index (χ2n) is 4.00. The van der Waals surface area contributed by atoms with Crippen molar-refractivity contribution in [1.29, 1.82) is 0 Å². The molecule has 0 saturated carbocycles. The van der Waals surface area contributed by atoms with Crippen molar-refractivity contribution in [3.63, 3.8) is 0 Å². The number of carboxylic acid groups (broad SMARTS) is 2. The smallest absolute Gasteiger partial charge is 0.326 e. The normalized spacial score (nSPS) is 13.4. The highest BCUT2D eigenvalue weighted by Gasteiger charge is 2.21. The summed E-state index contributed by atoms with van der Waals surface area (Å²) in [6, 6.07) is -2.10. The van der Waals surface area contributed by atoms with Crippen LogP contribution in [0.5, 0.6) is 0 Å². The summed E-state index contributed by atoms with van der Waals surface area (Å²) in [6.45, 7) is 2.17. The Balaban J connectivity index is 4.30. The monoisotopic (exact) mass is 276 g/mol. The topological polar surface area (TPSA) is 125 Å². The number of nitrogens with one attached hydrogen (secondary N) is 2. The zero-order valence-electron chi connectivity index (χ0n) is 11.0. The van der Waals surface area contributed by atoms with Gasteiger partial charge in [0.05, 0.1) is 12.6 Å². The van der Waals surface area contributed by atoms with E-state index in [0.717, 1.165) is 0 Å². The van der Waals surface area contributed by atoms with Gasteiger partial charge in [-0.15, -0.1) is 0 Å². The Kier molecular flexibility index (Phi) is 8.27. The van der Waals surface area contributed by atoms with Crippen LogP contribution in [0, 0.1) is 0 Å². The van der Waals surface area contributed by atoms with E-state index in [-0.39, 0.29) is 18.9 Å². The lowest BCUT2D eigenvalue weighted by Gasteiger charge is -2.19. The molecule has 0 aromatic carbocycles. The van der Waals surface area contributed by atoms with Crippen molar-refractivity contribution >= 4 is 18.0 Å². The van der Waals surface area contributed by atoms with Crippen LogP contribution in [0.1, 0.15) is 26.2 Å².